The number of amides is 1. The van der Waals surface area contributed by atoms with Crippen molar-refractivity contribution in [2.45, 2.75) is 13.8 Å². The van der Waals surface area contributed by atoms with Gasteiger partial charge in [0.15, 0.2) is 0 Å². The number of carboxylic acids is 1. The molecule has 0 heterocycles. The van der Waals surface area contributed by atoms with Crippen LogP contribution in [0.5, 0.6) is 0 Å². The molecule has 0 atom stereocenters. The Balaban J connectivity index is 3.08. The van der Waals surface area contributed by atoms with Crippen molar-refractivity contribution in [2.24, 2.45) is 0 Å². The summed E-state index contributed by atoms with van der Waals surface area (Å²) in [7, 11) is 0. The van der Waals surface area contributed by atoms with E-state index in [2.05, 4.69) is 5.32 Å². The number of aryl methyl sites for hydroxylation is 1. The van der Waals surface area contributed by atoms with Gasteiger partial charge in [0.25, 0.3) is 0 Å². The number of aliphatic carboxylic acids is 1. The number of halogens is 1. The molecule has 2 N–H and O–H groups in total. The van der Waals surface area contributed by atoms with Crippen molar-refractivity contribution < 1.29 is 14.7 Å². The quantitative estimate of drug-likeness (QED) is 0.812. The Kier molecular flexibility index (Phi) is 4.29. The fourth-order valence-corrected chi connectivity index (χ4v) is 1.40. The average Bonchev–Trinajstić information content (AvgIpc) is 2.21. The van der Waals surface area contributed by atoms with E-state index in [1.165, 1.54) is 13.0 Å². The lowest BCUT2D eigenvalue weighted by Crippen LogP contribution is -2.24. The summed E-state index contributed by atoms with van der Waals surface area (Å²) in [4.78, 5) is 21.7. The Bertz CT molecular complexity index is 495. The van der Waals surface area contributed by atoms with Crippen LogP contribution in [0, 0.1) is 6.92 Å². The molecular formula is C12H12ClNO3. The third-order valence-electron chi connectivity index (χ3n) is 2.05. The van der Waals surface area contributed by atoms with Gasteiger partial charge in [0.05, 0.1) is 0 Å². The minimum Gasteiger partial charge on any atom is -0.477 e. The van der Waals surface area contributed by atoms with Crippen molar-refractivity contribution in [2.75, 3.05) is 0 Å². The summed E-state index contributed by atoms with van der Waals surface area (Å²) in [6.45, 7) is 3.10. The first-order chi connectivity index (χ1) is 7.90. The maximum atomic E-state index is 10.9. The van der Waals surface area contributed by atoms with Crippen LogP contribution in [0.2, 0.25) is 5.02 Å². The standard InChI is InChI=1S/C12H12ClNO3/c1-7-3-4-9(5-10(7)13)6-11(12(16)17)14-8(2)15/h3-6H,1-2H3,(H,14,15)(H,16,17)/b11-6+. The van der Waals surface area contributed by atoms with Crippen molar-refractivity contribution >= 4 is 29.6 Å². The SMILES string of the molecule is CC(=O)N/C(=C/c1ccc(C)c(Cl)c1)C(=O)O. The lowest BCUT2D eigenvalue weighted by Gasteiger charge is -2.04. The summed E-state index contributed by atoms with van der Waals surface area (Å²) in [6, 6.07) is 5.15. The van der Waals surface area contributed by atoms with Crippen LogP contribution in [0.15, 0.2) is 23.9 Å². The number of carbonyl (C=O) groups is 2. The molecule has 90 valence electrons. The van der Waals surface area contributed by atoms with Gasteiger partial charge in [-0.2, -0.15) is 0 Å². The van der Waals surface area contributed by atoms with Gasteiger partial charge in [-0.15, -0.1) is 0 Å². The summed E-state index contributed by atoms with van der Waals surface area (Å²) in [5, 5.41) is 11.7. The molecular weight excluding hydrogens is 242 g/mol. The highest BCUT2D eigenvalue weighted by molar-refractivity contribution is 6.31. The second-order valence-corrected chi connectivity index (χ2v) is 3.96. The molecule has 17 heavy (non-hydrogen) atoms. The fourth-order valence-electron chi connectivity index (χ4n) is 1.21. The Morgan fingerprint density at radius 3 is 2.53 bits per heavy atom. The number of benzene rings is 1. The smallest absolute Gasteiger partial charge is 0.352 e. The van der Waals surface area contributed by atoms with E-state index in [-0.39, 0.29) is 5.70 Å². The molecule has 0 aliphatic heterocycles. The van der Waals surface area contributed by atoms with Gasteiger partial charge in [-0.05, 0) is 30.2 Å². The lowest BCUT2D eigenvalue weighted by atomic mass is 10.1. The zero-order valence-corrected chi connectivity index (χ0v) is 10.2. The molecule has 1 rings (SSSR count). The van der Waals surface area contributed by atoms with Crippen LogP contribution in [0.4, 0.5) is 0 Å². The van der Waals surface area contributed by atoms with Crippen LogP contribution >= 0.6 is 11.6 Å². The Labute approximate surface area is 104 Å². The molecule has 1 aromatic carbocycles. The minimum absolute atomic E-state index is 0.183. The summed E-state index contributed by atoms with van der Waals surface area (Å²) in [5.41, 5.74) is 1.34. The second-order valence-electron chi connectivity index (χ2n) is 3.55. The zero-order valence-electron chi connectivity index (χ0n) is 9.45. The predicted molar refractivity (Wildman–Crippen MR) is 65.6 cm³/mol. The summed E-state index contributed by atoms with van der Waals surface area (Å²) < 4.78 is 0. The van der Waals surface area contributed by atoms with E-state index < -0.39 is 11.9 Å². The normalized spacial score (nSPS) is 11.1. The van der Waals surface area contributed by atoms with Crippen LogP contribution in [0.25, 0.3) is 6.08 Å². The largest absolute Gasteiger partial charge is 0.477 e. The molecule has 0 bridgehead atoms. The Hall–Kier alpha value is -1.81. The van der Waals surface area contributed by atoms with Gasteiger partial charge in [-0.3, -0.25) is 4.79 Å². The molecule has 4 nitrogen and oxygen atoms in total. The third kappa shape index (κ3) is 3.92. The minimum atomic E-state index is -1.20. The molecule has 1 amide bonds. The van der Waals surface area contributed by atoms with Crippen molar-refractivity contribution in [1.29, 1.82) is 0 Å². The lowest BCUT2D eigenvalue weighted by molar-refractivity contribution is -0.134. The predicted octanol–water partition coefficient (Wildman–Crippen LogP) is 2.21. The number of hydrogen-bond acceptors (Lipinski definition) is 2. The number of carbonyl (C=O) groups excluding carboxylic acids is 1. The van der Waals surface area contributed by atoms with Crippen molar-refractivity contribution in [3.8, 4) is 0 Å². The topological polar surface area (TPSA) is 66.4 Å². The molecule has 0 saturated heterocycles. The zero-order chi connectivity index (χ0) is 13.0. The fraction of sp³-hybridized carbons (Fsp3) is 0.167. The summed E-state index contributed by atoms with van der Waals surface area (Å²) >= 11 is 5.92. The van der Waals surface area contributed by atoms with Crippen LogP contribution in [0.1, 0.15) is 18.1 Å². The first-order valence-electron chi connectivity index (χ1n) is 4.89. The molecule has 0 unspecified atom stereocenters. The maximum Gasteiger partial charge on any atom is 0.352 e. The highest BCUT2D eigenvalue weighted by Gasteiger charge is 2.08. The monoisotopic (exact) mass is 253 g/mol. The van der Waals surface area contributed by atoms with Crippen LogP contribution in [-0.2, 0) is 9.59 Å². The van der Waals surface area contributed by atoms with E-state index in [9.17, 15) is 9.59 Å². The second kappa shape index (κ2) is 5.50. The van der Waals surface area contributed by atoms with Crippen LogP contribution in [-0.4, -0.2) is 17.0 Å². The molecule has 5 heteroatoms. The Morgan fingerprint density at radius 1 is 1.41 bits per heavy atom. The maximum absolute atomic E-state index is 10.9. The summed E-state index contributed by atoms with van der Waals surface area (Å²) in [5.74, 6) is -1.63. The number of hydrogen-bond donors (Lipinski definition) is 2. The van der Waals surface area contributed by atoms with E-state index in [4.69, 9.17) is 16.7 Å². The summed E-state index contributed by atoms with van der Waals surface area (Å²) in [6.07, 6.45) is 1.36. The highest BCUT2D eigenvalue weighted by atomic mass is 35.5. The molecule has 0 spiro atoms. The van der Waals surface area contributed by atoms with E-state index in [0.717, 1.165) is 5.56 Å². The first-order valence-corrected chi connectivity index (χ1v) is 5.26. The molecule has 0 radical (unpaired) electrons. The molecule has 1 aromatic rings. The van der Waals surface area contributed by atoms with Crippen LogP contribution < -0.4 is 5.32 Å². The highest BCUT2D eigenvalue weighted by Crippen LogP contribution is 2.18. The van der Waals surface area contributed by atoms with E-state index in [1.54, 1.807) is 18.2 Å². The molecule has 0 fully saturated rings. The van der Waals surface area contributed by atoms with Gasteiger partial charge < -0.3 is 10.4 Å². The van der Waals surface area contributed by atoms with Crippen molar-refractivity contribution in [3.63, 3.8) is 0 Å². The van der Waals surface area contributed by atoms with E-state index in [1.807, 2.05) is 6.92 Å². The molecule has 0 saturated carbocycles. The molecule has 0 aliphatic rings. The van der Waals surface area contributed by atoms with Gasteiger partial charge in [0.2, 0.25) is 5.91 Å². The van der Waals surface area contributed by atoms with Gasteiger partial charge in [-0.25, -0.2) is 4.79 Å². The van der Waals surface area contributed by atoms with Crippen LogP contribution in [0.3, 0.4) is 0 Å². The first kappa shape index (κ1) is 13.3. The van der Waals surface area contributed by atoms with Crippen molar-refractivity contribution in [1.82, 2.24) is 5.32 Å². The Morgan fingerprint density at radius 2 is 2.06 bits per heavy atom. The molecule has 0 aliphatic carbocycles. The molecule has 0 aromatic heterocycles. The third-order valence-corrected chi connectivity index (χ3v) is 2.46. The van der Waals surface area contributed by atoms with Gasteiger partial charge in [-0.1, -0.05) is 23.7 Å². The number of rotatable bonds is 3. The van der Waals surface area contributed by atoms with E-state index in [0.29, 0.717) is 10.6 Å². The van der Waals surface area contributed by atoms with Gasteiger partial charge >= 0.3 is 5.97 Å². The van der Waals surface area contributed by atoms with Gasteiger partial charge in [0.1, 0.15) is 5.70 Å². The van der Waals surface area contributed by atoms with Crippen molar-refractivity contribution in [3.05, 3.63) is 40.0 Å². The van der Waals surface area contributed by atoms with E-state index >= 15 is 0 Å². The number of nitrogens with one attached hydrogen (secondary N) is 1. The average molecular weight is 254 g/mol. The van der Waals surface area contributed by atoms with Gasteiger partial charge in [0, 0.05) is 11.9 Å². The number of carboxylic acid groups (broad SMARTS) is 1.